The Hall–Kier alpha value is -2.76. The number of pyridine rings is 1. The predicted molar refractivity (Wildman–Crippen MR) is 111 cm³/mol. The van der Waals surface area contributed by atoms with Crippen LogP contribution >= 0.6 is 22.9 Å². The first-order valence-electron chi connectivity index (χ1n) is 8.44. The summed E-state index contributed by atoms with van der Waals surface area (Å²) in [6.07, 6.45) is 3.48. The first-order chi connectivity index (χ1) is 13.1. The minimum Gasteiger partial charge on any atom is -0.279 e. The van der Waals surface area contributed by atoms with Gasteiger partial charge in [0.2, 0.25) is 0 Å². The fraction of sp³-hybridized carbons (Fsp3) is 0.0952. The molecule has 0 saturated heterocycles. The highest BCUT2D eigenvalue weighted by Crippen LogP contribution is 2.34. The molecule has 0 bridgehead atoms. The number of para-hydroxylation sites is 1. The second-order valence-corrected chi connectivity index (χ2v) is 7.62. The molecule has 0 N–H and O–H groups in total. The van der Waals surface area contributed by atoms with Crippen LogP contribution in [-0.4, -0.2) is 15.9 Å². The van der Waals surface area contributed by atoms with Crippen LogP contribution in [0.3, 0.4) is 0 Å². The van der Waals surface area contributed by atoms with E-state index in [1.54, 1.807) is 23.4 Å². The minimum absolute atomic E-state index is 0.103. The van der Waals surface area contributed by atoms with E-state index in [0.717, 1.165) is 15.8 Å². The van der Waals surface area contributed by atoms with Gasteiger partial charge in [-0.3, -0.25) is 14.7 Å². The van der Waals surface area contributed by atoms with Gasteiger partial charge in [-0.25, -0.2) is 4.98 Å². The Morgan fingerprint density at radius 3 is 2.63 bits per heavy atom. The number of aryl methyl sites for hydroxylation is 1. The molecule has 1 amide bonds. The van der Waals surface area contributed by atoms with Crippen molar-refractivity contribution in [3.05, 3.63) is 88.7 Å². The quantitative estimate of drug-likeness (QED) is 0.460. The van der Waals surface area contributed by atoms with Crippen LogP contribution < -0.4 is 4.90 Å². The molecule has 2 heterocycles. The molecule has 27 heavy (non-hydrogen) atoms. The highest BCUT2D eigenvalue weighted by atomic mass is 35.5. The fourth-order valence-electron chi connectivity index (χ4n) is 2.77. The summed E-state index contributed by atoms with van der Waals surface area (Å²) >= 11 is 7.73. The van der Waals surface area contributed by atoms with Gasteiger partial charge in [-0.1, -0.05) is 52.8 Å². The lowest BCUT2D eigenvalue weighted by Crippen LogP contribution is -2.30. The maximum atomic E-state index is 13.3. The van der Waals surface area contributed by atoms with Gasteiger partial charge in [0.15, 0.2) is 5.13 Å². The lowest BCUT2D eigenvalue weighted by atomic mass is 10.1. The van der Waals surface area contributed by atoms with Crippen molar-refractivity contribution in [2.75, 3.05) is 4.90 Å². The van der Waals surface area contributed by atoms with E-state index in [1.807, 2.05) is 55.5 Å². The molecular formula is C21H16ClN3OS. The summed E-state index contributed by atoms with van der Waals surface area (Å²) < 4.78 is 0.949. The first-order valence-corrected chi connectivity index (χ1v) is 9.64. The Labute approximate surface area is 166 Å². The van der Waals surface area contributed by atoms with Gasteiger partial charge in [-0.15, -0.1) is 0 Å². The molecule has 0 radical (unpaired) electrons. The molecule has 6 heteroatoms. The zero-order valence-corrected chi connectivity index (χ0v) is 16.2. The van der Waals surface area contributed by atoms with Crippen molar-refractivity contribution in [2.45, 2.75) is 13.5 Å². The third kappa shape index (κ3) is 3.70. The number of anilines is 1. The number of halogens is 1. The van der Waals surface area contributed by atoms with E-state index in [4.69, 9.17) is 11.6 Å². The number of nitrogens with zero attached hydrogens (tertiary/aromatic N) is 3. The molecule has 0 spiro atoms. The number of benzene rings is 2. The lowest BCUT2D eigenvalue weighted by Gasteiger charge is -2.20. The number of carbonyl (C=O) groups is 1. The Morgan fingerprint density at radius 2 is 1.93 bits per heavy atom. The SMILES string of the molecule is Cc1ccc(C(=O)N(Cc2cccnc2)c2nc3c(Cl)cccc3s2)cc1. The van der Waals surface area contributed by atoms with E-state index in [9.17, 15) is 4.79 Å². The molecule has 0 fully saturated rings. The second-order valence-electron chi connectivity index (χ2n) is 6.20. The summed E-state index contributed by atoms with van der Waals surface area (Å²) in [7, 11) is 0. The Bertz CT molecular complexity index is 1090. The summed E-state index contributed by atoms with van der Waals surface area (Å²) in [5, 5.41) is 1.20. The topological polar surface area (TPSA) is 46.1 Å². The molecule has 0 aliphatic rings. The van der Waals surface area contributed by atoms with E-state index in [1.165, 1.54) is 11.3 Å². The van der Waals surface area contributed by atoms with E-state index >= 15 is 0 Å². The zero-order valence-electron chi connectivity index (χ0n) is 14.6. The number of thiazole rings is 1. The predicted octanol–water partition coefficient (Wildman–Crippen LogP) is 5.50. The van der Waals surface area contributed by atoms with Gasteiger partial charge < -0.3 is 0 Å². The number of hydrogen-bond acceptors (Lipinski definition) is 4. The minimum atomic E-state index is -0.103. The maximum absolute atomic E-state index is 13.3. The van der Waals surface area contributed by atoms with Crippen LogP contribution in [0.5, 0.6) is 0 Å². The number of amides is 1. The molecule has 2 aromatic carbocycles. The monoisotopic (exact) mass is 393 g/mol. The number of hydrogen-bond donors (Lipinski definition) is 0. The summed E-state index contributed by atoms with van der Waals surface area (Å²) in [5.41, 5.74) is 3.38. The summed E-state index contributed by atoms with van der Waals surface area (Å²) in [4.78, 5) is 23.7. The van der Waals surface area contributed by atoms with E-state index in [2.05, 4.69) is 9.97 Å². The van der Waals surface area contributed by atoms with Gasteiger partial charge >= 0.3 is 0 Å². The average Bonchev–Trinajstić information content (AvgIpc) is 3.12. The van der Waals surface area contributed by atoms with Crippen LogP contribution in [0.4, 0.5) is 5.13 Å². The van der Waals surface area contributed by atoms with Crippen molar-refractivity contribution >= 4 is 44.2 Å². The number of rotatable bonds is 4. The molecule has 4 aromatic rings. The van der Waals surface area contributed by atoms with Crippen LogP contribution in [0.2, 0.25) is 5.02 Å². The normalized spacial score (nSPS) is 10.9. The molecule has 2 aromatic heterocycles. The van der Waals surface area contributed by atoms with Crippen molar-refractivity contribution in [1.29, 1.82) is 0 Å². The zero-order chi connectivity index (χ0) is 18.8. The van der Waals surface area contributed by atoms with Gasteiger partial charge in [0, 0.05) is 18.0 Å². The van der Waals surface area contributed by atoms with Crippen LogP contribution in [0.15, 0.2) is 67.0 Å². The third-order valence-electron chi connectivity index (χ3n) is 4.20. The van der Waals surface area contributed by atoms with Crippen molar-refractivity contribution in [3.63, 3.8) is 0 Å². The molecule has 0 atom stereocenters. The highest BCUT2D eigenvalue weighted by Gasteiger charge is 2.22. The van der Waals surface area contributed by atoms with Gasteiger partial charge in [-0.05, 0) is 42.8 Å². The van der Waals surface area contributed by atoms with Crippen molar-refractivity contribution in [1.82, 2.24) is 9.97 Å². The molecule has 4 nitrogen and oxygen atoms in total. The van der Waals surface area contributed by atoms with Crippen LogP contribution in [-0.2, 0) is 6.54 Å². The van der Waals surface area contributed by atoms with Crippen molar-refractivity contribution < 1.29 is 4.79 Å². The maximum Gasteiger partial charge on any atom is 0.260 e. The molecule has 0 aliphatic carbocycles. The lowest BCUT2D eigenvalue weighted by molar-refractivity contribution is 0.0985. The van der Waals surface area contributed by atoms with Crippen LogP contribution in [0.1, 0.15) is 21.5 Å². The third-order valence-corrected chi connectivity index (χ3v) is 5.55. The van der Waals surface area contributed by atoms with Gasteiger partial charge in [0.05, 0.1) is 16.3 Å². The first kappa shape index (κ1) is 17.6. The average molecular weight is 394 g/mol. The Balaban J connectivity index is 1.78. The standard InChI is InChI=1S/C21H16ClN3OS/c1-14-7-9-16(10-8-14)20(26)25(13-15-4-3-11-23-12-15)21-24-19-17(22)5-2-6-18(19)27-21/h2-12H,13H2,1H3. The summed E-state index contributed by atoms with van der Waals surface area (Å²) in [6, 6.07) is 17.0. The molecule has 0 unspecified atom stereocenters. The molecule has 0 aliphatic heterocycles. The van der Waals surface area contributed by atoms with E-state index in [0.29, 0.717) is 27.8 Å². The van der Waals surface area contributed by atoms with Crippen molar-refractivity contribution in [2.24, 2.45) is 0 Å². The highest BCUT2D eigenvalue weighted by molar-refractivity contribution is 7.22. The Kier molecular flexibility index (Phi) is 4.88. The smallest absolute Gasteiger partial charge is 0.260 e. The fourth-order valence-corrected chi connectivity index (χ4v) is 4.03. The Morgan fingerprint density at radius 1 is 1.11 bits per heavy atom. The largest absolute Gasteiger partial charge is 0.279 e. The summed E-state index contributed by atoms with van der Waals surface area (Å²) in [6.45, 7) is 2.38. The molecular weight excluding hydrogens is 378 g/mol. The van der Waals surface area contributed by atoms with Gasteiger partial charge in [-0.2, -0.15) is 0 Å². The number of carbonyl (C=O) groups excluding carboxylic acids is 1. The number of fused-ring (bicyclic) bond motifs is 1. The molecule has 134 valence electrons. The molecule has 0 saturated carbocycles. The van der Waals surface area contributed by atoms with Gasteiger partial charge in [0.25, 0.3) is 5.91 Å². The van der Waals surface area contributed by atoms with Crippen LogP contribution in [0.25, 0.3) is 10.2 Å². The van der Waals surface area contributed by atoms with E-state index < -0.39 is 0 Å². The van der Waals surface area contributed by atoms with Crippen molar-refractivity contribution in [3.8, 4) is 0 Å². The number of aromatic nitrogens is 2. The van der Waals surface area contributed by atoms with E-state index in [-0.39, 0.29) is 5.91 Å². The van der Waals surface area contributed by atoms with Gasteiger partial charge in [0.1, 0.15) is 5.52 Å². The second kappa shape index (κ2) is 7.47. The van der Waals surface area contributed by atoms with Crippen LogP contribution in [0, 0.1) is 6.92 Å². The summed E-state index contributed by atoms with van der Waals surface area (Å²) in [5.74, 6) is -0.103. The molecule has 4 rings (SSSR count).